The molecule has 0 aliphatic carbocycles. The van der Waals surface area contributed by atoms with Crippen LogP contribution in [0.2, 0.25) is 0 Å². The number of aryl methyl sites for hydroxylation is 3. The topological polar surface area (TPSA) is 85.7 Å². The van der Waals surface area contributed by atoms with Gasteiger partial charge in [-0.3, -0.25) is 9.59 Å². The summed E-state index contributed by atoms with van der Waals surface area (Å²) in [5.74, 6) is 1.35. The zero-order chi connectivity index (χ0) is 26.0. The molecule has 0 radical (unpaired) electrons. The van der Waals surface area contributed by atoms with E-state index in [-0.39, 0.29) is 24.9 Å². The summed E-state index contributed by atoms with van der Waals surface area (Å²) in [6.45, 7) is 7.87. The standard InChI is InChI=1S/C29H34N4O4/c1-20-16-24-25(17-21(20)2)33(22(3)31-24)18-27(34)32-13-15-37-29(19-32)11-7-6-9-23-8-4-5-10-26(23)36-14-12-30-28(29)35/h4-8,10,16-17H,9,11-15,18-19H2,1-3H3,(H,30,35)/b7-6+. The first-order chi connectivity index (χ1) is 17.9. The number of rotatable bonds is 2. The number of nitrogens with zero attached hydrogens (tertiary/aromatic N) is 3. The number of hydrogen-bond donors (Lipinski definition) is 1. The molecule has 37 heavy (non-hydrogen) atoms. The summed E-state index contributed by atoms with van der Waals surface area (Å²) in [5.41, 5.74) is 4.13. The first-order valence-corrected chi connectivity index (χ1v) is 12.9. The number of carbonyl (C=O) groups is 2. The van der Waals surface area contributed by atoms with Crippen LogP contribution in [0.3, 0.4) is 0 Å². The van der Waals surface area contributed by atoms with E-state index < -0.39 is 5.60 Å². The second kappa shape index (κ2) is 10.4. The van der Waals surface area contributed by atoms with E-state index in [1.165, 1.54) is 5.56 Å². The highest BCUT2D eigenvalue weighted by Gasteiger charge is 2.44. The lowest BCUT2D eigenvalue weighted by Gasteiger charge is -2.41. The summed E-state index contributed by atoms with van der Waals surface area (Å²) in [6.07, 6.45) is 5.10. The Hall–Kier alpha value is -3.65. The van der Waals surface area contributed by atoms with Crippen LogP contribution in [-0.2, 0) is 27.3 Å². The van der Waals surface area contributed by atoms with Gasteiger partial charge in [0.15, 0.2) is 5.60 Å². The van der Waals surface area contributed by atoms with Gasteiger partial charge < -0.3 is 24.3 Å². The van der Waals surface area contributed by atoms with Crippen LogP contribution < -0.4 is 10.1 Å². The molecule has 2 aliphatic rings. The van der Waals surface area contributed by atoms with Gasteiger partial charge in [-0.15, -0.1) is 0 Å². The summed E-state index contributed by atoms with van der Waals surface area (Å²) in [6, 6.07) is 12.1. The minimum Gasteiger partial charge on any atom is -0.491 e. The first kappa shape index (κ1) is 25.0. The lowest BCUT2D eigenvalue weighted by atomic mass is 9.94. The molecule has 1 atom stereocenters. The van der Waals surface area contributed by atoms with Gasteiger partial charge in [0.1, 0.15) is 24.7 Å². The Morgan fingerprint density at radius 1 is 1.11 bits per heavy atom. The number of fused-ring (bicyclic) bond motifs is 2. The number of nitrogens with one attached hydrogen (secondary N) is 1. The average molecular weight is 503 g/mol. The number of morpholine rings is 1. The lowest BCUT2D eigenvalue weighted by Crippen LogP contribution is -2.61. The molecule has 2 amide bonds. The molecule has 1 N–H and O–H groups in total. The molecule has 0 bridgehead atoms. The number of aromatic nitrogens is 2. The van der Waals surface area contributed by atoms with Crippen molar-refractivity contribution in [1.82, 2.24) is 19.8 Å². The van der Waals surface area contributed by atoms with Crippen molar-refractivity contribution in [3.05, 3.63) is 71.1 Å². The van der Waals surface area contributed by atoms with Gasteiger partial charge in [-0.1, -0.05) is 30.4 Å². The first-order valence-electron chi connectivity index (χ1n) is 12.9. The SMILES string of the molecule is Cc1cc2nc(C)n(CC(=O)N3CCOC4(C/C=C/Cc5ccccc5OCCNC4=O)C3)c2cc1C. The molecular formula is C29H34N4O4. The van der Waals surface area contributed by atoms with E-state index in [4.69, 9.17) is 9.47 Å². The number of para-hydroxylation sites is 1. The molecule has 1 saturated heterocycles. The van der Waals surface area contributed by atoms with Crippen molar-refractivity contribution in [3.63, 3.8) is 0 Å². The number of ether oxygens (including phenoxy) is 2. The van der Waals surface area contributed by atoms with Crippen LogP contribution in [0, 0.1) is 20.8 Å². The molecule has 3 heterocycles. The van der Waals surface area contributed by atoms with E-state index in [1.807, 2.05) is 47.9 Å². The molecule has 3 aromatic rings. The van der Waals surface area contributed by atoms with Gasteiger partial charge in [-0.25, -0.2) is 4.98 Å². The molecule has 1 unspecified atom stereocenters. The van der Waals surface area contributed by atoms with E-state index in [2.05, 4.69) is 36.3 Å². The van der Waals surface area contributed by atoms with Gasteiger partial charge in [0, 0.05) is 13.0 Å². The lowest BCUT2D eigenvalue weighted by molar-refractivity contribution is -0.165. The molecule has 1 fully saturated rings. The molecule has 1 spiro atoms. The van der Waals surface area contributed by atoms with Crippen molar-refractivity contribution in [2.24, 2.45) is 0 Å². The molecular weight excluding hydrogens is 468 g/mol. The van der Waals surface area contributed by atoms with Crippen molar-refractivity contribution in [2.45, 2.75) is 45.8 Å². The third-order valence-electron chi connectivity index (χ3n) is 7.37. The van der Waals surface area contributed by atoms with E-state index in [0.29, 0.717) is 39.1 Å². The van der Waals surface area contributed by atoms with Crippen LogP contribution in [0.1, 0.15) is 28.9 Å². The van der Waals surface area contributed by atoms with Crippen LogP contribution in [0.25, 0.3) is 11.0 Å². The summed E-state index contributed by atoms with van der Waals surface area (Å²) in [7, 11) is 0. The number of amides is 2. The van der Waals surface area contributed by atoms with E-state index in [1.54, 1.807) is 4.90 Å². The zero-order valence-corrected chi connectivity index (χ0v) is 21.8. The van der Waals surface area contributed by atoms with Gasteiger partial charge in [0.25, 0.3) is 5.91 Å². The van der Waals surface area contributed by atoms with Gasteiger partial charge in [-0.05, 0) is 62.1 Å². The Labute approximate surface area is 217 Å². The smallest absolute Gasteiger partial charge is 0.254 e. The second-order valence-electron chi connectivity index (χ2n) is 9.92. The highest BCUT2D eigenvalue weighted by atomic mass is 16.5. The van der Waals surface area contributed by atoms with Crippen molar-refractivity contribution >= 4 is 22.8 Å². The quantitative estimate of drug-likeness (QED) is 0.544. The molecule has 8 nitrogen and oxygen atoms in total. The van der Waals surface area contributed by atoms with Crippen LogP contribution in [0.4, 0.5) is 0 Å². The molecule has 8 heteroatoms. The third-order valence-corrected chi connectivity index (χ3v) is 7.37. The van der Waals surface area contributed by atoms with Crippen molar-refractivity contribution in [2.75, 3.05) is 32.8 Å². The number of hydrogen-bond acceptors (Lipinski definition) is 5. The molecule has 0 saturated carbocycles. The van der Waals surface area contributed by atoms with E-state index in [0.717, 1.165) is 33.7 Å². The molecule has 194 valence electrons. The maximum Gasteiger partial charge on any atom is 0.254 e. The van der Waals surface area contributed by atoms with Crippen molar-refractivity contribution in [1.29, 1.82) is 0 Å². The number of benzene rings is 2. The fourth-order valence-corrected chi connectivity index (χ4v) is 5.07. The summed E-state index contributed by atoms with van der Waals surface area (Å²) < 4.78 is 14.0. The molecule has 2 aromatic carbocycles. The number of carbonyl (C=O) groups excluding carboxylic acids is 2. The molecule has 2 aliphatic heterocycles. The zero-order valence-electron chi connectivity index (χ0n) is 21.8. The maximum atomic E-state index is 13.5. The summed E-state index contributed by atoms with van der Waals surface area (Å²) >= 11 is 0. The summed E-state index contributed by atoms with van der Waals surface area (Å²) in [4.78, 5) is 33.3. The highest BCUT2D eigenvalue weighted by Crippen LogP contribution is 2.26. The maximum absolute atomic E-state index is 13.5. The Balaban J connectivity index is 1.35. The molecule has 1 aromatic heterocycles. The largest absolute Gasteiger partial charge is 0.491 e. The minimum atomic E-state index is -1.14. The van der Waals surface area contributed by atoms with Crippen LogP contribution in [0.15, 0.2) is 48.6 Å². The van der Waals surface area contributed by atoms with Gasteiger partial charge >= 0.3 is 0 Å². The van der Waals surface area contributed by atoms with E-state index in [9.17, 15) is 9.59 Å². The fraction of sp³-hybridized carbons (Fsp3) is 0.414. The fourth-order valence-electron chi connectivity index (χ4n) is 5.07. The normalized spacial score (nSPS) is 21.5. The van der Waals surface area contributed by atoms with Crippen LogP contribution >= 0.6 is 0 Å². The Bertz CT molecular complexity index is 1360. The van der Waals surface area contributed by atoms with Crippen molar-refractivity contribution < 1.29 is 19.1 Å². The van der Waals surface area contributed by atoms with Gasteiger partial charge in [-0.2, -0.15) is 0 Å². The minimum absolute atomic E-state index is 0.0524. The summed E-state index contributed by atoms with van der Waals surface area (Å²) in [5, 5.41) is 2.97. The number of allylic oxidation sites excluding steroid dienone is 1. The van der Waals surface area contributed by atoms with E-state index >= 15 is 0 Å². The Kier molecular flexibility index (Phi) is 7.02. The van der Waals surface area contributed by atoms with Crippen LogP contribution in [-0.4, -0.2) is 64.7 Å². The monoisotopic (exact) mass is 502 g/mol. The average Bonchev–Trinajstić information content (AvgIpc) is 3.18. The predicted octanol–water partition coefficient (Wildman–Crippen LogP) is 3.26. The molecule has 5 rings (SSSR count). The van der Waals surface area contributed by atoms with Gasteiger partial charge in [0.05, 0.1) is 30.7 Å². The predicted molar refractivity (Wildman–Crippen MR) is 142 cm³/mol. The van der Waals surface area contributed by atoms with Gasteiger partial charge in [0.2, 0.25) is 5.91 Å². The number of imidazole rings is 1. The Morgan fingerprint density at radius 2 is 1.92 bits per heavy atom. The second-order valence-corrected chi connectivity index (χ2v) is 9.92. The highest BCUT2D eigenvalue weighted by molar-refractivity contribution is 5.87. The Morgan fingerprint density at radius 3 is 2.78 bits per heavy atom. The third kappa shape index (κ3) is 5.11. The van der Waals surface area contributed by atoms with Crippen molar-refractivity contribution in [3.8, 4) is 5.75 Å². The van der Waals surface area contributed by atoms with Crippen LogP contribution in [0.5, 0.6) is 5.75 Å².